The number of rotatable bonds is 2. The number of nitrogens with two attached hydrogens (primary N) is 1. The van der Waals surface area contributed by atoms with Gasteiger partial charge in [0.05, 0.1) is 11.8 Å². The molecule has 1 saturated heterocycles. The minimum absolute atomic E-state index is 0.0235. The van der Waals surface area contributed by atoms with Crippen LogP contribution in [-0.2, 0) is 10.0 Å². The van der Waals surface area contributed by atoms with Crippen molar-refractivity contribution in [1.29, 1.82) is 0 Å². The predicted octanol–water partition coefficient (Wildman–Crippen LogP) is 0.938. The number of aliphatic hydroxyl groups is 1. The maximum absolute atomic E-state index is 13.7. The zero-order chi connectivity index (χ0) is 15.1. The van der Waals surface area contributed by atoms with E-state index in [0.717, 1.165) is 10.4 Å². The SMILES string of the molecule is CC1CCN(S(=O)(=O)c2cc(N)c(F)cc2F)CC1O. The molecule has 1 aliphatic rings. The van der Waals surface area contributed by atoms with Crippen LogP contribution in [0.2, 0.25) is 0 Å². The molecule has 1 fully saturated rings. The number of nitrogens with zero attached hydrogens (tertiary/aromatic N) is 1. The molecule has 0 aromatic heterocycles. The Morgan fingerprint density at radius 1 is 1.35 bits per heavy atom. The Labute approximate surface area is 116 Å². The Morgan fingerprint density at radius 3 is 2.60 bits per heavy atom. The van der Waals surface area contributed by atoms with Gasteiger partial charge in [-0.1, -0.05) is 6.92 Å². The predicted molar refractivity (Wildman–Crippen MR) is 69.3 cm³/mol. The second-order valence-corrected chi connectivity index (χ2v) is 6.91. The summed E-state index contributed by atoms with van der Waals surface area (Å²) in [5.74, 6) is -2.22. The average molecular weight is 306 g/mol. The van der Waals surface area contributed by atoms with E-state index in [1.807, 2.05) is 6.92 Å². The summed E-state index contributed by atoms with van der Waals surface area (Å²) in [5.41, 5.74) is 4.86. The fraction of sp³-hybridized carbons (Fsp3) is 0.500. The first-order valence-corrected chi connectivity index (χ1v) is 7.60. The van der Waals surface area contributed by atoms with E-state index in [9.17, 15) is 22.3 Å². The van der Waals surface area contributed by atoms with E-state index < -0.39 is 38.3 Å². The van der Waals surface area contributed by atoms with Gasteiger partial charge in [0, 0.05) is 19.2 Å². The third-order valence-corrected chi connectivity index (χ3v) is 5.43. The van der Waals surface area contributed by atoms with E-state index >= 15 is 0 Å². The summed E-state index contributed by atoms with van der Waals surface area (Å²) in [6.07, 6.45) is -0.335. The fourth-order valence-corrected chi connectivity index (χ4v) is 3.67. The largest absolute Gasteiger partial charge is 0.396 e. The van der Waals surface area contributed by atoms with Gasteiger partial charge in [-0.2, -0.15) is 4.31 Å². The number of β-amino-alcohol motifs (C(OH)–C–C–N with tert-alkyl or cyclic N) is 1. The van der Waals surface area contributed by atoms with Gasteiger partial charge >= 0.3 is 0 Å². The maximum Gasteiger partial charge on any atom is 0.246 e. The van der Waals surface area contributed by atoms with E-state index in [4.69, 9.17) is 5.73 Å². The van der Waals surface area contributed by atoms with Crippen LogP contribution < -0.4 is 5.73 Å². The average Bonchev–Trinajstić information content (AvgIpc) is 2.36. The minimum Gasteiger partial charge on any atom is -0.396 e. The van der Waals surface area contributed by atoms with E-state index in [-0.39, 0.29) is 19.0 Å². The normalized spacial score (nSPS) is 24.8. The zero-order valence-corrected chi connectivity index (χ0v) is 11.7. The van der Waals surface area contributed by atoms with Crippen molar-refractivity contribution in [2.75, 3.05) is 18.8 Å². The number of nitrogen functional groups attached to an aromatic ring is 1. The van der Waals surface area contributed by atoms with Crippen molar-refractivity contribution in [3.05, 3.63) is 23.8 Å². The number of benzene rings is 1. The molecule has 0 bridgehead atoms. The van der Waals surface area contributed by atoms with Crippen LogP contribution in [0.5, 0.6) is 0 Å². The first-order chi connectivity index (χ1) is 9.23. The second kappa shape index (κ2) is 5.27. The summed E-state index contributed by atoms with van der Waals surface area (Å²) in [7, 11) is -4.14. The van der Waals surface area contributed by atoms with Gasteiger partial charge < -0.3 is 10.8 Å². The second-order valence-electron chi connectivity index (χ2n) is 5.00. The number of piperidine rings is 1. The lowest BCUT2D eigenvalue weighted by Crippen LogP contribution is -2.45. The van der Waals surface area contributed by atoms with E-state index in [2.05, 4.69) is 0 Å². The Bertz CT molecular complexity index is 621. The van der Waals surface area contributed by atoms with Gasteiger partial charge in [0.1, 0.15) is 16.5 Å². The number of aliphatic hydroxyl groups excluding tert-OH is 1. The molecule has 0 amide bonds. The number of halogens is 2. The van der Waals surface area contributed by atoms with Crippen LogP contribution in [0, 0.1) is 17.6 Å². The molecule has 8 heteroatoms. The third-order valence-electron chi connectivity index (χ3n) is 3.55. The maximum atomic E-state index is 13.7. The van der Waals surface area contributed by atoms with Crippen LogP contribution in [0.3, 0.4) is 0 Å². The summed E-state index contributed by atoms with van der Waals surface area (Å²) in [6, 6.07) is 1.22. The van der Waals surface area contributed by atoms with Gasteiger partial charge in [-0.25, -0.2) is 17.2 Å². The molecule has 1 aromatic rings. The summed E-state index contributed by atoms with van der Waals surface area (Å²) < 4.78 is 52.4. The quantitative estimate of drug-likeness (QED) is 0.797. The fourth-order valence-electron chi connectivity index (χ4n) is 2.12. The van der Waals surface area contributed by atoms with Gasteiger partial charge in [-0.05, 0) is 18.4 Å². The van der Waals surface area contributed by atoms with Crippen LogP contribution in [0.1, 0.15) is 13.3 Å². The van der Waals surface area contributed by atoms with Crippen molar-refractivity contribution in [2.24, 2.45) is 5.92 Å². The molecule has 0 saturated carbocycles. The van der Waals surface area contributed by atoms with E-state index in [0.29, 0.717) is 12.5 Å². The molecule has 0 spiro atoms. The monoisotopic (exact) mass is 306 g/mol. The molecule has 5 nitrogen and oxygen atoms in total. The molecular weight excluding hydrogens is 290 g/mol. The standard InChI is InChI=1S/C12H16F2N2O3S/c1-7-2-3-16(6-11(7)17)20(18,19)12-5-10(15)8(13)4-9(12)14/h4-5,7,11,17H,2-3,6,15H2,1H3. The third kappa shape index (κ3) is 2.63. The van der Waals surface area contributed by atoms with Crippen LogP contribution in [0.15, 0.2) is 17.0 Å². The topological polar surface area (TPSA) is 83.6 Å². The lowest BCUT2D eigenvalue weighted by molar-refractivity contribution is 0.0604. The molecule has 0 radical (unpaired) electrons. The minimum atomic E-state index is -4.14. The molecule has 2 unspecified atom stereocenters. The molecular formula is C12H16F2N2O3S. The van der Waals surface area contributed by atoms with Gasteiger partial charge in [0.15, 0.2) is 0 Å². The Morgan fingerprint density at radius 2 is 2.00 bits per heavy atom. The lowest BCUT2D eigenvalue weighted by atomic mass is 9.98. The Balaban J connectivity index is 2.38. The van der Waals surface area contributed by atoms with Gasteiger partial charge in [-0.15, -0.1) is 0 Å². The highest BCUT2D eigenvalue weighted by Crippen LogP contribution is 2.27. The summed E-state index contributed by atoms with van der Waals surface area (Å²) in [4.78, 5) is -0.668. The molecule has 3 N–H and O–H groups in total. The summed E-state index contributed by atoms with van der Waals surface area (Å²) in [6.45, 7) is 1.88. The van der Waals surface area contributed by atoms with E-state index in [1.165, 1.54) is 0 Å². The smallest absolute Gasteiger partial charge is 0.246 e. The lowest BCUT2D eigenvalue weighted by Gasteiger charge is -2.33. The molecule has 1 heterocycles. The van der Waals surface area contributed by atoms with Crippen molar-refractivity contribution >= 4 is 15.7 Å². The summed E-state index contributed by atoms with van der Waals surface area (Å²) >= 11 is 0. The number of hydrogen-bond donors (Lipinski definition) is 2. The van der Waals surface area contributed by atoms with Crippen LogP contribution >= 0.6 is 0 Å². The molecule has 1 aromatic carbocycles. The van der Waals surface area contributed by atoms with Gasteiger partial charge in [-0.3, -0.25) is 0 Å². The number of anilines is 1. The van der Waals surface area contributed by atoms with Crippen molar-refractivity contribution in [2.45, 2.75) is 24.3 Å². The van der Waals surface area contributed by atoms with Crippen LogP contribution in [-0.4, -0.2) is 37.0 Å². The van der Waals surface area contributed by atoms with Crippen molar-refractivity contribution < 1.29 is 22.3 Å². The zero-order valence-electron chi connectivity index (χ0n) is 10.9. The summed E-state index contributed by atoms with van der Waals surface area (Å²) in [5, 5.41) is 9.74. The Hall–Kier alpha value is -1.25. The highest BCUT2D eigenvalue weighted by atomic mass is 32.2. The highest BCUT2D eigenvalue weighted by molar-refractivity contribution is 7.89. The van der Waals surface area contributed by atoms with Crippen molar-refractivity contribution in [3.8, 4) is 0 Å². The van der Waals surface area contributed by atoms with Gasteiger partial charge in [0.2, 0.25) is 10.0 Å². The van der Waals surface area contributed by atoms with Crippen molar-refractivity contribution in [3.63, 3.8) is 0 Å². The number of sulfonamides is 1. The first kappa shape index (κ1) is 15.1. The van der Waals surface area contributed by atoms with Gasteiger partial charge in [0.25, 0.3) is 0 Å². The highest BCUT2D eigenvalue weighted by Gasteiger charge is 2.34. The molecule has 0 aliphatic carbocycles. The molecule has 1 aliphatic heterocycles. The molecule has 20 heavy (non-hydrogen) atoms. The van der Waals surface area contributed by atoms with Crippen molar-refractivity contribution in [1.82, 2.24) is 4.31 Å². The molecule has 2 rings (SSSR count). The van der Waals surface area contributed by atoms with Crippen LogP contribution in [0.4, 0.5) is 14.5 Å². The molecule has 2 atom stereocenters. The van der Waals surface area contributed by atoms with Crippen LogP contribution in [0.25, 0.3) is 0 Å². The first-order valence-electron chi connectivity index (χ1n) is 6.16. The number of hydrogen-bond acceptors (Lipinski definition) is 4. The molecule has 112 valence electrons. The Kier molecular flexibility index (Phi) is 3.99. The van der Waals surface area contributed by atoms with E-state index in [1.54, 1.807) is 0 Å².